The van der Waals surface area contributed by atoms with Gasteiger partial charge in [-0.25, -0.2) is 4.39 Å². The lowest BCUT2D eigenvalue weighted by atomic mass is 10.1. The number of carbonyl (C=O) groups excluding carboxylic acids is 1. The van der Waals surface area contributed by atoms with Gasteiger partial charge in [-0.15, -0.1) is 0 Å². The average Bonchev–Trinajstić information content (AvgIpc) is 2.46. The van der Waals surface area contributed by atoms with Gasteiger partial charge in [0, 0.05) is 17.6 Å². The first-order valence-electron chi connectivity index (χ1n) is 6.26. The lowest BCUT2D eigenvalue weighted by Crippen LogP contribution is -2.24. The van der Waals surface area contributed by atoms with Crippen LogP contribution in [0.2, 0.25) is 5.02 Å². The van der Waals surface area contributed by atoms with Crippen LogP contribution in [-0.4, -0.2) is 13.3 Å². The number of anilines is 1. The molecule has 0 aliphatic rings. The molecule has 0 amide bonds. The summed E-state index contributed by atoms with van der Waals surface area (Å²) in [5, 5.41) is 0.656. The molecule has 0 aliphatic heterocycles. The Morgan fingerprint density at radius 1 is 1.20 bits per heavy atom. The summed E-state index contributed by atoms with van der Waals surface area (Å²) in [5.41, 5.74) is 1.65. The molecule has 0 N–H and O–H groups in total. The van der Waals surface area contributed by atoms with Gasteiger partial charge in [0.25, 0.3) is 0 Å². The minimum atomic E-state index is -0.405. The molecule has 4 heteroatoms. The van der Waals surface area contributed by atoms with Gasteiger partial charge in [0.1, 0.15) is 5.82 Å². The third kappa shape index (κ3) is 2.83. The summed E-state index contributed by atoms with van der Waals surface area (Å²) in [7, 11) is 1.77. The third-order valence-electron chi connectivity index (χ3n) is 3.43. The van der Waals surface area contributed by atoms with Gasteiger partial charge in [-0.3, -0.25) is 4.79 Å². The van der Waals surface area contributed by atoms with Gasteiger partial charge in [0.05, 0.1) is 11.7 Å². The predicted octanol–water partition coefficient (Wildman–Crippen LogP) is 4.49. The minimum absolute atomic E-state index is 0.0807. The highest BCUT2D eigenvalue weighted by atomic mass is 35.5. The zero-order valence-electron chi connectivity index (χ0n) is 11.3. The first-order valence-corrected chi connectivity index (χ1v) is 6.64. The zero-order chi connectivity index (χ0) is 14.7. The molecule has 20 heavy (non-hydrogen) atoms. The van der Waals surface area contributed by atoms with Crippen LogP contribution in [-0.2, 0) is 0 Å². The Morgan fingerprint density at radius 3 is 2.45 bits per heavy atom. The van der Waals surface area contributed by atoms with E-state index >= 15 is 0 Å². The Kier molecular flexibility index (Phi) is 4.40. The third-order valence-corrected chi connectivity index (χ3v) is 3.68. The molecule has 0 spiro atoms. The maximum atomic E-state index is 14.0. The SMILES string of the molecule is CC(c1ccc(Cl)cc1)N(C)c1c(F)cccc1C=O. The van der Waals surface area contributed by atoms with Crippen molar-refractivity contribution in [1.82, 2.24) is 0 Å². The fourth-order valence-corrected chi connectivity index (χ4v) is 2.28. The number of nitrogens with zero attached hydrogens (tertiary/aromatic N) is 1. The molecule has 0 saturated heterocycles. The van der Waals surface area contributed by atoms with E-state index < -0.39 is 5.82 Å². The van der Waals surface area contributed by atoms with Crippen LogP contribution < -0.4 is 4.90 Å². The summed E-state index contributed by atoms with van der Waals surface area (Å²) in [6.07, 6.45) is 0.670. The maximum absolute atomic E-state index is 14.0. The van der Waals surface area contributed by atoms with Crippen molar-refractivity contribution in [2.24, 2.45) is 0 Å². The fourth-order valence-electron chi connectivity index (χ4n) is 2.16. The summed E-state index contributed by atoms with van der Waals surface area (Å²) < 4.78 is 14.0. The lowest BCUT2D eigenvalue weighted by molar-refractivity contribution is 0.112. The van der Waals surface area contributed by atoms with Crippen LogP contribution in [0.5, 0.6) is 0 Å². The van der Waals surface area contributed by atoms with E-state index in [2.05, 4.69) is 0 Å². The van der Waals surface area contributed by atoms with Gasteiger partial charge in [-0.2, -0.15) is 0 Å². The molecule has 2 aromatic carbocycles. The molecule has 104 valence electrons. The minimum Gasteiger partial charge on any atom is -0.365 e. The van der Waals surface area contributed by atoms with E-state index in [4.69, 9.17) is 11.6 Å². The standard InChI is InChI=1S/C16H15ClFNO/c1-11(12-6-8-14(17)9-7-12)19(2)16-13(10-20)4-3-5-15(16)18/h3-11H,1-2H3. The highest BCUT2D eigenvalue weighted by Crippen LogP contribution is 2.30. The lowest BCUT2D eigenvalue weighted by Gasteiger charge is -2.28. The molecule has 0 aromatic heterocycles. The highest BCUT2D eigenvalue weighted by molar-refractivity contribution is 6.30. The van der Waals surface area contributed by atoms with E-state index in [0.29, 0.717) is 22.6 Å². The van der Waals surface area contributed by atoms with Gasteiger partial charge in [-0.1, -0.05) is 29.8 Å². The Labute approximate surface area is 122 Å². The smallest absolute Gasteiger partial charge is 0.152 e. The molecule has 0 bridgehead atoms. The Balaban J connectivity index is 2.38. The largest absolute Gasteiger partial charge is 0.365 e. The van der Waals surface area contributed by atoms with Crippen LogP contribution >= 0.6 is 11.6 Å². The van der Waals surface area contributed by atoms with Crippen molar-refractivity contribution in [2.75, 3.05) is 11.9 Å². The quantitative estimate of drug-likeness (QED) is 0.774. The molecule has 2 nitrogen and oxygen atoms in total. The number of benzene rings is 2. The molecule has 2 aromatic rings. The topological polar surface area (TPSA) is 20.3 Å². The van der Waals surface area contributed by atoms with Crippen LogP contribution in [0.1, 0.15) is 28.9 Å². The molecule has 1 unspecified atom stereocenters. The van der Waals surface area contributed by atoms with Crippen molar-refractivity contribution in [1.29, 1.82) is 0 Å². The predicted molar refractivity (Wildman–Crippen MR) is 80.1 cm³/mol. The number of hydrogen-bond donors (Lipinski definition) is 0. The van der Waals surface area contributed by atoms with Gasteiger partial charge in [-0.05, 0) is 36.8 Å². The van der Waals surface area contributed by atoms with E-state index in [1.165, 1.54) is 12.1 Å². The van der Waals surface area contributed by atoms with Crippen molar-refractivity contribution in [3.8, 4) is 0 Å². The highest BCUT2D eigenvalue weighted by Gasteiger charge is 2.18. The maximum Gasteiger partial charge on any atom is 0.152 e. The van der Waals surface area contributed by atoms with E-state index in [0.717, 1.165) is 5.56 Å². The van der Waals surface area contributed by atoms with Gasteiger partial charge >= 0.3 is 0 Å². The first kappa shape index (κ1) is 14.5. The first-order chi connectivity index (χ1) is 9.54. The van der Waals surface area contributed by atoms with Crippen LogP contribution in [0, 0.1) is 5.82 Å². The summed E-state index contributed by atoms with van der Waals surface area (Å²) in [5.74, 6) is -0.405. The monoisotopic (exact) mass is 291 g/mol. The van der Waals surface area contributed by atoms with Crippen LogP contribution in [0.3, 0.4) is 0 Å². The van der Waals surface area contributed by atoms with Crippen molar-refractivity contribution in [2.45, 2.75) is 13.0 Å². The molecule has 0 aliphatic carbocycles. The number of para-hydroxylation sites is 1. The Bertz CT molecular complexity index is 612. The van der Waals surface area contributed by atoms with E-state index in [-0.39, 0.29) is 6.04 Å². The summed E-state index contributed by atoms with van der Waals surface area (Å²) in [6.45, 7) is 1.95. The van der Waals surface area contributed by atoms with Gasteiger partial charge < -0.3 is 4.90 Å². The van der Waals surface area contributed by atoms with Crippen molar-refractivity contribution in [3.63, 3.8) is 0 Å². The normalized spacial score (nSPS) is 12.0. The molecule has 0 saturated carbocycles. The average molecular weight is 292 g/mol. The number of aldehydes is 1. The van der Waals surface area contributed by atoms with E-state index in [1.54, 1.807) is 30.1 Å². The summed E-state index contributed by atoms with van der Waals surface area (Å²) in [6, 6.07) is 11.8. The van der Waals surface area contributed by atoms with Crippen LogP contribution in [0.15, 0.2) is 42.5 Å². The van der Waals surface area contributed by atoms with Crippen LogP contribution in [0.25, 0.3) is 0 Å². The van der Waals surface area contributed by atoms with Gasteiger partial charge in [0.2, 0.25) is 0 Å². The second kappa shape index (κ2) is 6.06. The molecule has 1 atom stereocenters. The molecular weight excluding hydrogens is 277 g/mol. The second-order valence-electron chi connectivity index (χ2n) is 4.63. The number of halogens is 2. The van der Waals surface area contributed by atoms with E-state index in [1.807, 2.05) is 19.1 Å². The van der Waals surface area contributed by atoms with Crippen molar-refractivity contribution >= 4 is 23.6 Å². The molecule has 2 rings (SSSR count). The van der Waals surface area contributed by atoms with Crippen molar-refractivity contribution in [3.05, 3.63) is 64.4 Å². The fraction of sp³-hybridized carbons (Fsp3) is 0.188. The molecule has 0 fully saturated rings. The molecule has 0 radical (unpaired) electrons. The summed E-state index contributed by atoms with van der Waals surface area (Å²) >= 11 is 5.87. The van der Waals surface area contributed by atoms with E-state index in [9.17, 15) is 9.18 Å². The molecular formula is C16H15ClFNO. The Morgan fingerprint density at radius 2 is 1.85 bits per heavy atom. The number of hydrogen-bond acceptors (Lipinski definition) is 2. The molecule has 0 heterocycles. The van der Waals surface area contributed by atoms with Crippen molar-refractivity contribution < 1.29 is 9.18 Å². The summed E-state index contributed by atoms with van der Waals surface area (Å²) in [4.78, 5) is 12.8. The number of carbonyl (C=O) groups is 1. The second-order valence-corrected chi connectivity index (χ2v) is 5.07. The zero-order valence-corrected chi connectivity index (χ0v) is 12.1. The number of rotatable bonds is 4. The Hall–Kier alpha value is -1.87. The van der Waals surface area contributed by atoms with Crippen LogP contribution in [0.4, 0.5) is 10.1 Å². The van der Waals surface area contributed by atoms with Gasteiger partial charge in [0.15, 0.2) is 6.29 Å².